The molecule has 0 saturated carbocycles. The Morgan fingerprint density at radius 1 is 1.27 bits per heavy atom. The Morgan fingerprint density at radius 3 is 2.77 bits per heavy atom. The van der Waals surface area contributed by atoms with Crippen molar-refractivity contribution in [1.29, 1.82) is 0 Å². The quantitative estimate of drug-likeness (QED) is 0.741. The van der Waals surface area contributed by atoms with Crippen LogP contribution in [-0.2, 0) is 11.2 Å². The number of carbonyl (C=O) groups is 1. The number of nitrogens with two attached hydrogens (primary N) is 1. The highest BCUT2D eigenvalue weighted by molar-refractivity contribution is 7.13. The minimum atomic E-state index is -0.0000997. The number of aromatic nitrogens is 2. The summed E-state index contributed by atoms with van der Waals surface area (Å²) in [7, 11) is 0. The second kappa shape index (κ2) is 11.4. The summed E-state index contributed by atoms with van der Waals surface area (Å²) in [6.45, 7) is 1.34. The molecule has 2 aromatic rings. The topological polar surface area (TPSA) is 80.9 Å². The Morgan fingerprint density at radius 2 is 2.09 bits per heavy atom. The first kappa shape index (κ1) is 20.8. The molecule has 8 heteroatoms. The summed E-state index contributed by atoms with van der Waals surface area (Å²) in [6, 6.07) is 5.70. The number of nitrogens with one attached hydrogen (secondary N) is 1. The summed E-state index contributed by atoms with van der Waals surface area (Å²) in [5, 5.41) is 5.62. The number of rotatable bonds is 7. The van der Waals surface area contributed by atoms with E-state index in [1.807, 2.05) is 23.6 Å². The van der Waals surface area contributed by atoms with Gasteiger partial charge in [-0.2, -0.15) is 0 Å². The normalized spacial score (nSPS) is 9.50. The van der Waals surface area contributed by atoms with Crippen LogP contribution in [0.4, 0.5) is 0 Å². The van der Waals surface area contributed by atoms with E-state index < -0.39 is 0 Å². The van der Waals surface area contributed by atoms with E-state index in [9.17, 15) is 4.79 Å². The van der Waals surface area contributed by atoms with Crippen LogP contribution in [0.3, 0.4) is 0 Å². The Kier molecular flexibility index (Phi) is 10.7. The molecule has 0 saturated heterocycles. The Balaban J connectivity index is 0.00000220. The Hall–Kier alpha value is -1.21. The maximum absolute atomic E-state index is 11.7. The third kappa shape index (κ3) is 6.70. The third-order valence-electron chi connectivity index (χ3n) is 2.73. The number of thiazole rings is 1. The molecule has 0 spiro atoms. The van der Waals surface area contributed by atoms with Crippen molar-refractivity contribution in [1.82, 2.24) is 15.3 Å². The highest BCUT2D eigenvalue weighted by Crippen LogP contribution is 2.21. The molecular weight excluding hydrogens is 343 g/mol. The fourth-order valence-corrected chi connectivity index (χ4v) is 2.51. The van der Waals surface area contributed by atoms with Crippen molar-refractivity contribution in [2.45, 2.75) is 19.3 Å². The number of amides is 1. The van der Waals surface area contributed by atoms with Crippen molar-refractivity contribution in [2.75, 3.05) is 13.1 Å². The van der Waals surface area contributed by atoms with Gasteiger partial charge in [-0.25, -0.2) is 4.98 Å². The van der Waals surface area contributed by atoms with Crippen LogP contribution in [0.1, 0.15) is 18.5 Å². The second-order valence-electron chi connectivity index (χ2n) is 4.38. The zero-order valence-corrected chi connectivity index (χ0v) is 14.5. The molecule has 2 aromatic heterocycles. The van der Waals surface area contributed by atoms with Crippen molar-refractivity contribution >= 4 is 42.1 Å². The van der Waals surface area contributed by atoms with Crippen molar-refractivity contribution in [2.24, 2.45) is 5.73 Å². The number of unbranched alkanes of at least 4 members (excludes halogenated alkanes) is 1. The molecule has 2 rings (SSSR count). The van der Waals surface area contributed by atoms with E-state index >= 15 is 0 Å². The van der Waals surface area contributed by atoms with E-state index in [2.05, 4.69) is 15.3 Å². The summed E-state index contributed by atoms with van der Waals surface area (Å²) in [5.41, 5.74) is 7.02. The van der Waals surface area contributed by atoms with Crippen LogP contribution in [0.25, 0.3) is 10.7 Å². The molecule has 122 valence electrons. The SMILES string of the molecule is Cl.Cl.NCCCCNC(=O)Cc1csc(-c2ccccn2)n1. The summed E-state index contributed by atoms with van der Waals surface area (Å²) >= 11 is 1.51. The van der Waals surface area contributed by atoms with Gasteiger partial charge in [0.25, 0.3) is 0 Å². The fraction of sp³-hybridized carbons (Fsp3) is 0.357. The average Bonchev–Trinajstić information content (AvgIpc) is 2.93. The van der Waals surface area contributed by atoms with Crippen LogP contribution >= 0.6 is 36.2 Å². The first-order valence-electron chi connectivity index (χ1n) is 6.62. The van der Waals surface area contributed by atoms with Gasteiger partial charge in [0, 0.05) is 18.1 Å². The van der Waals surface area contributed by atoms with Crippen LogP contribution in [0, 0.1) is 0 Å². The summed E-state index contributed by atoms with van der Waals surface area (Å²) in [5.74, 6) is -0.0000997. The molecule has 0 unspecified atom stereocenters. The molecular formula is C14H20Cl2N4OS. The number of hydrogen-bond donors (Lipinski definition) is 2. The standard InChI is InChI=1S/C14H18N4OS.2ClH/c15-6-2-4-8-17-13(19)9-11-10-20-14(18-11)12-5-1-3-7-16-12;;/h1,3,5,7,10H,2,4,6,8-9,15H2,(H,17,19);2*1H. The lowest BCUT2D eigenvalue weighted by molar-refractivity contribution is -0.120. The number of nitrogens with zero attached hydrogens (tertiary/aromatic N) is 2. The summed E-state index contributed by atoms with van der Waals surface area (Å²) in [6.07, 6.45) is 3.89. The molecule has 0 aliphatic heterocycles. The van der Waals surface area contributed by atoms with Crippen LogP contribution in [0.15, 0.2) is 29.8 Å². The third-order valence-corrected chi connectivity index (χ3v) is 3.64. The van der Waals surface area contributed by atoms with Gasteiger partial charge >= 0.3 is 0 Å². The van der Waals surface area contributed by atoms with Gasteiger partial charge in [-0.05, 0) is 31.5 Å². The Bertz CT molecular complexity index is 551. The van der Waals surface area contributed by atoms with E-state index in [1.54, 1.807) is 6.20 Å². The molecule has 0 atom stereocenters. The molecule has 0 aromatic carbocycles. The number of carbonyl (C=O) groups excluding carboxylic acids is 1. The van der Waals surface area contributed by atoms with Crippen molar-refractivity contribution < 1.29 is 4.79 Å². The minimum Gasteiger partial charge on any atom is -0.356 e. The number of halogens is 2. The molecule has 0 radical (unpaired) electrons. The highest BCUT2D eigenvalue weighted by Gasteiger charge is 2.09. The lowest BCUT2D eigenvalue weighted by Gasteiger charge is -2.02. The summed E-state index contributed by atoms with van der Waals surface area (Å²) < 4.78 is 0. The van der Waals surface area contributed by atoms with Gasteiger partial charge in [-0.15, -0.1) is 36.2 Å². The molecule has 3 N–H and O–H groups in total. The smallest absolute Gasteiger partial charge is 0.226 e. The molecule has 5 nitrogen and oxygen atoms in total. The molecule has 0 aliphatic rings. The zero-order valence-electron chi connectivity index (χ0n) is 12.0. The van der Waals surface area contributed by atoms with Gasteiger partial charge in [0.05, 0.1) is 17.8 Å². The molecule has 1 amide bonds. The van der Waals surface area contributed by atoms with Gasteiger partial charge in [0.2, 0.25) is 5.91 Å². The fourth-order valence-electron chi connectivity index (χ4n) is 1.72. The van der Waals surface area contributed by atoms with E-state index in [4.69, 9.17) is 5.73 Å². The van der Waals surface area contributed by atoms with E-state index in [1.165, 1.54) is 11.3 Å². The molecule has 2 heterocycles. The van der Waals surface area contributed by atoms with Crippen molar-refractivity contribution in [3.05, 3.63) is 35.5 Å². The van der Waals surface area contributed by atoms with Gasteiger partial charge in [0.15, 0.2) is 0 Å². The van der Waals surface area contributed by atoms with E-state index in [0.717, 1.165) is 29.2 Å². The van der Waals surface area contributed by atoms with Crippen molar-refractivity contribution in [3.8, 4) is 10.7 Å². The van der Waals surface area contributed by atoms with Crippen LogP contribution in [-0.4, -0.2) is 29.0 Å². The van der Waals surface area contributed by atoms with Crippen LogP contribution in [0.5, 0.6) is 0 Å². The monoisotopic (exact) mass is 362 g/mol. The average molecular weight is 363 g/mol. The summed E-state index contributed by atoms with van der Waals surface area (Å²) in [4.78, 5) is 20.4. The van der Waals surface area contributed by atoms with Crippen LogP contribution in [0.2, 0.25) is 0 Å². The molecule has 22 heavy (non-hydrogen) atoms. The Labute approximate surface area is 146 Å². The highest BCUT2D eigenvalue weighted by atomic mass is 35.5. The van der Waals surface area contributed by atoms with Crippen molar-refractivity contribution in [3.63, 3.8) is 0 Å². The largest absolute Gasteiger partial charge is 0.356 e. The van der Waals surface area contributed by atoms with Gasteiger partial charge in [0.1, 0.15) is 5.01 Å². The maximum Gasteiger partial charge on any atom is 0.226 e. The molecule has 0 aliphatic carbocycles. The van der Waals surface area contributed by atoms with E-state index in [0.29, 0.717) is 19.5 Å². The zero-order chi connectivity index (χ0) is 14.2. The molecule has 0 bridgehead atoms. The molecule has 0 fully saturated rings. The number of hydrogen-bond acceptors (Lipinski definition) is 5. The lowest BCUT2D eigenvalue weighted by atomic mass is 10.3. The predicted octanol–water partition coefficient (Wildman–Crippen LogP) is 2.45. The number of pyridine rings is 1. The van der Waals surface area contributed by atoms with Gasteiger partial charge < -0.3 is 11.1 Å². The predicted molar refractivity (Wildman–Crippen MR) is 94.8 cm³/mol. The first-order chi connectivity index (χ1) is 9.79. The van der Waals surface area contributed by atoms with E-state index in [-0.39, 0.29) is 30.7 Å². The van der Waals surface area contributed by atoms with Crippen LogP contribution < -0.4 is 11.1 Å². The maximum atomic E-state index is 11.7. The van der Waals surface area contributed by atoms with Gasteiger partial charge in [-0.3, -0.25) is 9.78 Å². The minimum absolute atomic E-state index is 0. The first-order valence-corrected chi connectivity index (χ1v) is 7.50. The second-order valence-corrected chi connectivity index (χ2v) is 5.24. The lowest BCUT2D eigenvalue weighted by Crippen LogP contribution is -2.26. The van der Waals surface area contributed by atoms with Gasteiger partial charge in [-0.1, -0.05) is 6.07 Å².